The van der Waals surface area contributed by atoms with Crippen LogP contribution in [-0.4, -0.2) is 71.9 Å². The van der Waals surface area contributed by atoms with E-state index in [0.717, 1.165) is 60.9 Å². The van der Waals surface area contributed by atoms with Crippen LogP contribution in [0.5, 0.6) is 5.75 Å². The van der Waals surface area contributed by atoms with Crippen molar-refractivity contribution in [3.63, 3.8) is 0 Å². The molecule has 1 saturated heterocycles. The third-order valence-corrected chi connectivity index (χ3v) is 10.2. The first-order valence-corrected chi connectivity index (χ1v) is 18.5. The molecule has 2 atom stereocenters. The summed E-state index contributed by atoms with van der Waals surface area (Å²) in [6.45, 7) is 9.59. The Bertz CT molecular complexity index is 1770. The largest absolute Gasteiger partial charge is 0.483 e. The average molecular weight is 730 g/mol. The fourth-order valence-corrected chi connectivity index (χ4v) is 6.93. The van der Waals surface area contributed by atoms with E-state index in [9.17, 15) is 24.0 Å². The molecule has 2 aromatic rings. The highest BCUT2D eigenvalue weighted by molar-refractivity contribution is 6.30. The van der Waals surface area contributed by atoms with E-state index in [1.807, 2.05) is 24.3 Å². The summed E-state index contributed by atoms with van der Waals surface area (Å²) < 4.78 is 5.78. The molecule has 0 aromatic heterocycles. The summed E-state index contributed by atoms with van der Waals surface area (Å²) in [7, 11) is 0. The van der Waals surface area contributed by atoms with E-state index < -0.39 is 11.9 Å². The lowest BCUT2D eigenvalue weighted by Gasteiger charge is -2.29. The maximum absolute atomic E-state index is 13.0. The van der Waals surface area contributed by atoms with Gasteiger partial charge in [-0.3, -0.25) is 34.3 Å². The number of nitrogens with zero attached hydrogens (tertiary/aromatic N) is 2. The summed E-state index contributed by atoms with van der Waals surface area (Å²) in [6, 6.07) is 11.8. The van der Waals surface area contributed by atoms with E-state index >= 15 is 0 Å². The molecule has 1 fully saturated rings. The highest BCUT2D eigenvalue weighted by Crippen LogP contribution is 2.34. The van der Waals surface area contributed by atoms with Crippen molar-refractivity contribution in [1.82, 2.24) is 20.9 Å². The van der Waals surface area contributed by atoms with Gasteiger partial charge in [0.2, 0.25) is 17.7 Å². The van der Waals surface area contributed by atoms with Crippen LogP contribution in [-0.2, 0) is 25.7 Å². The Kier molecular flexibility index (Phi) is 13.4. The molecule has 3 N–H and O–H groups in total. The highest BCUT2D eigenvalue weighted by Gasteiger charge is 2.40. The summed E-state index contributed by atoms with van der Waals surface area (Å²) in [6.07, 6.45) is 7.31. The molecule has 0 spiro atoms. The van der Waals surface area contributed by atoms with E-state index in [4.69, 9.17) is 21.3 Å². The van der Waals surface area contributed by atoms with E-state index in [2.05, 4.69) is 36.4 Å². The van der Waals surface area contributed by atoms with Gasteiger partial charge >= 0.3 is 0 Å². The summed E-state index contributed by atoms with van der Waals surface area (Å²) in [5.41, 5.74) is 6.02. The van der Waals surface area contributed by atoms with Gasteiger partial charge in [-0.05, 0) is 74.9 Å². The number of benzene rings is 2. The van der Waals surface area contributed by atoms with Crippen LogP contribution < -0.4 is 20.7 Å². The lowest BCUT2D eigenvalue weighted by Crippen LogP contribution is -2.52. The van der Waals surface area contributed by atoms with Gasteiger partial charge in [0.15, 0.2) is 6.61 Å². The first-order chi connectivity index (χ1) is 25.0. The van der Waals surface area contributed by atoms with E-state index in [1.54, 1.807) is 18.2 Å². The van der Waals surface area contributed by atoms with Crippen molar-refractivity contribution in [2.45, 2.75) is 96.7 Å². The first kappa shape index (κ1) is 38.5. The molecule has 3 aliphatic rings. The third-order valence-electron chi connectivity index (χ3n) is 9.92. The lowest BCUT2D eigenvalue weighted by molar-refractivity contribution is -0.137. The number of nitrogens with one attached hydrogen (secondary N) is 3. The van der Waals surface area contributed by atoms with Gasteiger partial charge in [-0.15, -0.1) is 0 Å². The van der Waals surface area contributed by atoms with Crippen LogP contribution >= 0.6 is 11.6 Å². The van der Waals surface area contributed by atoms with Crippen molar-refractivity contribution in [3.8, 4) is 5.75 Å². The topological polar surface area (TPSA) is 146 Å². The number of allylic oxidation sites excluding steroid dienone is 2. The predicted octanol–water partition coefficient (Wildman–Crippen LogP) is 5.60. The number of hydrogen-bond acceptors (Lipinski definition) is 7. The van der Waals surface area contributed by atoms with Crippen LogP contribution in [0, 0.1) is 0 Å². The zero-order chi connectivity index (χ0) is 37.2. The van der Waals surface area contributed by atoms with E-state index in [0.29, 0.717) is 47.8 Å². The molecule has 12 heteroatoms. The molecule has 5 rings (SSSR count). The van der Waals surface area contributed by atoms with Gasteiger partial charge in [-0.25, -0.2) is 0 Å². The van der Waals surface area contributed by atoms with Crippen molar-refractivity contribution in [1.29, 1.82) is 0 Å². The Labute approximate surface area is 310 Å². The number of fused-ring (bicyclic) bond motifs is 1. The summed E-state index contributed by atoms with van der Waals surface area (Å²) in [4.78, 5) is 68.6. The quantitative estimate of drug-likeness (QED) is 0.152. The molecular formula is C40H48ClN5O6. The molecule has 2 aromatic carbocycles. The number of carbonyl (C=O) groups is 5. The highest BCUT2D eigenvalue weighted by atomic mass is 35.5. The molecule has 3 heterocycles. The third kappa shape index (κ3) is 9.97. The van der Waals surface area contributed by atoms with Crippen LogP contribution in [0.1, 0.15) is 99.5 Å². The molecule has 0 radical (unpaired) electrons. The van der Waals surface area contributed by atoms with Gasteiger partial charge in [0.05, 0.1) is 18.3 Å². The Hall–Kier alpha value is -4.77. The van der Waals surface area contributed by atoms with Crippen molar-refractivity contribution in [2.24, 2.45) is 4.99 Å². The van der Waals surface area contributed by atoms with Gasteiger partial charge in [-0.2, -0.15) is 0 Å². The van der Waals surface area contributed by atoms with Gasteiger partial charge in [0.25, 0.3) is 11.8 Å². The molecular weight excluding hydrogens is 682 g/mol. The SMILES string of the molecule is C=C1C(c2ccc(Cl)cc2)=N[C@@H](CC(=O)NCCCCCCCCNC(=O)COc2cccc3c2CN(C2CCC(=O)NC2=O)C3=O)CC(C)=C1C. The molecule has 276 valence electrons. The maximum Gasteiger partial charge on any atom is 0.257 e. The molecule has 0 saturated carbocycles. The van der Waals surface area contributed by atoms with Crippen molar-refractivity contribution in [2.75, 3.05) is 19.7 Å². The Morgan fingerprint density at radius 1 is 0.962 bits per heavy atom. The number of carbonyl (C=O) groups excluding carboxylic acids is 5. The lowest BCUT2D eigenvalue weighted by atomic mass is 9.95. The van der Waals surface area contributed by atoms with Crippen molar-refractivity contribution in [3.05, 3.63) is 87.5 Å². The van der Waals surface area contributed by atoms with Crippen LogP contribution in [0.4, 0.5) is 0 Å². The van der Waals surface area contributed by atoms with Gasteiger partial charge in [-0.1, -0.05) is 67.6 Å². The molecule has 0 aliphatic carbocycles. The van der Waals surface area contributed by atoms with Crippen molar-refractivity contribution >= 4 is 46.8 Å². The number of piperidine rings is 1. The van der Waals surface area contributed by atoms with E-state index in [-0.39, 0.29) is 55.7 Å². The number of halogens is 1. The predicted molar refractivity (Wildman–Crippen MR) is 200 cm³/mol. The minimum Gasteiger partial charge on any atom is -0.483 e. The normalized spacial score (nSPS) is 18.8. The monoisotopic (exact) mass is 729 g/mol. The van der Waals surface area contributed by atoms with Crippen LogP contribution in [0.3, 0.4) is 0 Å². The smallest absolute Gasteiger partial charge is 0.257 e. The van der Waals surface area contributed by atoms with Gasteiger partial charge in [0, 0.05) is 47.6 Å². The van der Waals surface area contributed by atoms with Crippen LogP contribution in [0.25, 0.3) is 0 Å². The number of rotatable bonds is 16. The standard InChI is InChI=1S/C40H48ClN5O6/c1-25-21-30(44-38(27(3)26(25)2)28-13-15-29(41)16-14-28)22-36(48)42-19-8-6-4-5-7-9-20-43-37(49)24-52-34-12-10-11-31-32(34)23-46(40(31)51)33-17-18-35(47)45-39(33)50/h10-16,30,33H,3-9,17-24H2,1-2H3,(H,42,48)(H,43,49)(H,45,47,50)/t30-,33?/m1/s1. The number of unbranched alkanes of at least 4 members (excludes halogenated alkanes) is 5. The Morgan fingerprint density at radius 3 is 2.33 bits per heavy atom. The Morgan fingerprint density at radius 2 is 1.63 bits per heavy atom. The number of amides is 5. The minimum absolute atomic E-state index is 0.00114. The molecule has 1 unspecified atom stereocenters. The summed E-state index contributed by atoms with van der Waals surface area (Å²) in [5.74, 6) is -0.911. The van der Waals surface area contributed by atoms with Gasteiger partial charge < -0.3 is 20.3 Å². The van der Waals surface area contributed by atoms with Gasteiger partial charge in [0.1, 0.15) is 11.8 Å². The summed E-state index contributed by atoms with van der Waals surface area (Å²) >= 11 is 6.09. The first-order valence-electron chi connectivity index (χ1n) is 18.1. The molecule has 52 heavy (non-hydrogen) atoms. The zero-order valence-corrected chi connectivity index (χ0v) is 30.8. The second-order valence-electron chi connectivity index (χ2n) is 13.7. The number of hydrogen-bond donors (Lipinski definition) is 3. The number of aliphatic imine (C=N–C) groups is 1. The second-order valence-corrected chi connectivity index (χ2v) is 14.2. The van der Waals surface area contributed by atoms with Crippen LogP contribution in [0.15, 0.2) is 70.8 Å². The number of imide groups is 1. The second kappa shape index (κ2) is 18.1. The molecule has 3 aliphatic heterocycles. The fourth-order valence-electron chi connectivity index (χ4n) is 6.81. The maximum atomic E-state index is 13.0. The molecule has 5 amide bonds. The number of ether oxygens (including phenoxy) is 1. The van der Waals surface area contributed by atoms with E-state index in [1.165, 1.54) is 10.5 Å². The Balaban J connectivity index is 0.931. The average Bonchev–Trinajstić information content (AvgIpc) is 3.41. The zero-order valence-electron chi connectivity index (χ0n) is 30.0. The minimum atomic E-state index is -0.712. The summed E-state index contributed by atoms with van der Waals surface area (Å²) in [5, 5.41) is 8.91. The van der Waals surface area contributed by atoms with Crippen molar-refractivity contribution < 1.29 is 28.7 Å². The fraction of sp³-hybridized carbons (Fsp3) is 0.450. The van der Waals surface area contributed by atoms with Crippen LogP contribution in [0.2, 0.25) is 5.02 Å². The molecule has 0 bridgehead atoms. The molecule has 11 nitrogen and oxygen atoms in total.